The summed E-state index contributed by atoms with van der Waals surface area (Å²) in [5, 5.41) is 15.5. The quantitative estimate of drug-likeness (QED) is 0.481. The maximum atomic E-state index is 12.0. The van der Waals surface area contributed by atoms with Crippen LogP contribution in [0.1, 0.15) is 6.92 Å². The van der Waals surface area contributed by atoms with E-state index in [0.717, 1.165) is 6.07 Å². The lowest BCUT2D eigenvalue weighted by atomic mass is 10.2. The highest BCUT2D eigenvalue weighted by molar-refractivity contribution is 6.43. The van der Waals surface area contributed by atoms with Crippen molar-refractivity contribution in [2.75, 3.05) is 17.2 Å². The van der Waals surface area contributed by atoms with E-state index in [-0.39, 0.29) is 16.4 Å². The summed E-state index contributed by atoms with van der Waals surface area (Å²) in [6.45, 7) is 2.19. The van der Waals surface area contributed by atoms with E-state index in [2.05, 4.69) is 10.6 Å². The number of nitro benzene ring substituents is 1. The lowest BCUT2D eigenvalue weighted by molar-refractivity contribution is -0.384. The van der Waals surface area contributed by atoms with E-state index in [9.17, 15) is 19.7 Å². The Morgan fingerprint density at radius 2 is 1.84 bits per heavy atom. The number of benzene rings is 2. The molecule has 0 unspecified atom stereocenters. The average Bonchev–Trinajstić information content (AvgIpc) is 2.58. The van der Waals surface area contributed by atoms with Crippen LogP contribution in [0, 0.1) is 10.1 Å². The monoisotopic (exact) mass is 363 g/mol. The molecule has 0 aliphatic carbocycles. The maximum absolute atomic E-state index is 12.0. The van der Waals surface area contributed by atoms with Gasteiger partial charge in [-0.1, -0.05) is 23.7 Å². The molecule has 0 saturated heterocycles. The zero-order chi connectivity index (χ0) is 18.4. The average molecular weight is 364 g/mol. The van der Waals surface area contributed by atoms with Crippen molar-refractivity contribution in [3.63, 3.8) is 0 Å². The third-order valence-corrected chi connectivity index (χ3v) is 3.36. The van der Waals surface area contributed by atoms with Crippen molar-refractivity contribution < 1.29 is 19.2 Å². The van der Waals surface area contributed by atoms with Gasteiger partial charge in [-0.15, -0.1) is 0 Å². The van der Waals surface area contributed by atoms with Gasteiger partial charge < -0.3 is 15.4 Å². The molecular weight excluding hydrogens is 350 g/mol. The van der Waals surface area contributed by atoms with Crippen molar-refractivity contribution >= 4 is 40.5 Å². The number of anilines is 2. The summed E-state index contributed by atoms with van der Waals surface area (Å²) in [6, 6.07) is 10.3. The normalized spacial score (nSPS) is 10.0. The second-order valence-electron chi connectivity index (χ2n) is 4.76. The Bertz CT molecular complexity index is 825. The molecular formula is C16H14ClN3O5. The molecule has 0 atom stereocenters. The predicted octanol–water partition coefficient (Wildman–Crippen LogP) is 3.22. The van der Waals surface area contributed by atoms with Crippen LogP contribution in [0.15, 0.2) is 42.5 Å². The third-order valence-electron chi connectivity index (χ3n) is 3.04. The highest BCUT2D eigenvalue weighted by Gasteiger charge is 2.18. The molecule has 2 rings (SSSR count). The summed E-state index contributed by atoms with van der Waals surface area (Å²) in [7, 11) is 0. The minimum Gasteiger partial charge on any atom is -0.492 e. The standard InChI is InChI=1S/C16H14ClN3O5/c1-2-25-14-6-4-3-5-12(14)19-16(22)15(21)18-10-7-8-11(17)13(9-10)20(23)24/h3-9H,2H2,1H3,(H,18,21)(H,19,22). The molecule has 0 fully saturated rings. The second-order valence-corrected chi connectivity index (χ2v) is 5.17. The number of para-hydroxylation sites is 2. The van der Waals surface area contributed by atoms with E-state index >= 15 is 0 Å². The Morgan fingerprint density at radius 3 is 2.52 bits per heavy atom. The van der Waals surface area contributed by atoms with Gasteiger partial charge >= 0.3 is 11.8 Å². The van der Waals surface area contributed by atoms with Gasteiger partial charge in [-0.25, -0.2) is 0 Å². The van der Waals surface area contributed by atoms with Gasteiger partial charge in [0, 0.05) is 11.8 Å². The maximum Gasteiger partial charge on any atom is 0.314 e. The smallest absolute Gasteiger partial charge is 0.314 e. The number of rotatable bonds is 5. The van der Waals surface area contributed by atoms with Gasteiger partial charge in [0.25, 0.3) is 5.69 Å². The Hall–Kier alpha value is -3.13. The molecule has 8 nitrogen and oxygen atoms in total. The molecule has 0 aliphatic rings. The summed E-state index contributed by atoms with van der Waals surface area (Å²) in [5.41, 5.74) is 0.0440. The van der Waals surface area contributed by atoms with E-state index < -0.39 is 16.7 Å². The Morgan fingerprint density at radius 1 is 1.16 bits per heavy atom. The van der Waals surface area contributed by atoms with E-state index in [1.165, 1.54) is 12.1 Å². The number of hydrogen-bond acceptors (Lipinski definition) is 5. The summed E-state index contributed by atoms with van der Waals surface area (Å²) in [5.74, 6) is -1.50. The highest BCUT2D eigenvalue weighted by atomic mass is 35.5. The fourth-order valence-electron chi connectivity index (χ4n) is 1.95. The van der Waals surface area contributed by atoms with Gasteiger partial charge in [-0.05, 0) is 31.2 Å². The first-order valence-electron chi connectivity index (χ1n) is 7.20. The van der Waals surface area contributed by atoms with Crippen LogP contribution in [0.5, 0.6) is 5.75 Å². The molecule has 0 bridgehead atoms. The van der Waals surface area contributed by atoms with Crippen LogP contribution in [0.4, 0.5) is 17.1 Å². The Labute approximate surface area is 147 Å². The van der Waals surface area contributed by atoms with E-state index in [1.807, 2.05) is 0 Å². The van der Waals surface area contributed by atoms with Gasteiger partial charge in [0.15, 0.2) is 0 Å². The lowest BCUT2D eigenvalue weighted by Gasteiger charge is -2.11. The molecule has 0 aliphatic heterocycles. The first-order valence-corrected chi connectivity index (χ1v) is 7.58. The number of ether oxygens (including phenoxy) is 1. The number of amides is 2. The van der Waals surface area contributed by atoms with Crippen LogP contribution in [0.2, 0.25) is 5.02 Å². The van der Waals surface area contributed by atoms with Crippen molar-refractivity contribution in [3.8, 4) is 5.75 Å². The molecule has 2 amide bonds. The summed E-state index contributed by atoms with van der Waals surface area (Å²) in [4.78, 5) is 34.2. The third kappa shape index (κ3) is 4.67. The lowest BCUT2D eigenvalue weighted by Crippen LogP contribution is -2.29. The predicted molar refractivity (Wildman–Crippen MR) is 93.0 cm³/mol. The number of carbonyl (C=O) groups excluding carboxylic acids is 2. The molecule has 0 spiro atoms. The van der Waals surface area contributed by atoms with Gasteiger partial charge in [0.05, 0.1) is 17.2 Å². The molecule has 2 N–H and O–H groups in total. The van der Waals surface area contributed by atoms with Gasteiger partial charge in [0.2, 0.25) is 0 Å². The molecule has 25 heavy (non-hydrogen) atoms. The Kier molecular flexibility index (Phi) is 5.91. The molecule has 0 aromatic heterocycles. The number of nitrogens with zero attached hydrogens (tertiary/aromatic N) is 1. The minimum absolute atomic E-state index is 0.0712. The summed E-state index contributed by atoms with van der Waals surface area (Å²) >= 11 is 5.70. The van der Waals surface area contributed by atoms with Crippen molar-refractivity contribution in [1.29, 1.82) is 0 Å². The number of hydrogen-bond donors (Lipinski definition) is 2. The summed E-state index contributed by atoms with van der Waals surface area (Å²) < 4.78 is 5.36. The molecule has 2 aromatic rings. The topological polar surface area (TPSA) is 111 Å². The second kappa shape index (κ2) is 8.11. The van der Waals surface area contributed by atoms with Crippen molar-refractivity contribution in [2.45, 2.75) is 6.92 Å². The van der Waals surface area contributed by atoms with Gasteiger partial charge in [0.1, 0.15) is 10.8 Å². The largest absolute Gasteiger partial charge is 0.492 e. The Balaban J connectivity index is 2.10. The number of nitrogens with one attached hydrogen (secondary N) is 2. The van der Waals surface area contributed by atoms with Crippen LogP contribution >= 0.6 is 11.6 Å². The van der Waals surface area contributed by atoms with Crippen molar-refractivity contribution in [2.24, 2.45) is 0 Å². The molecule has 0 heterocycles. The number of halogens is 1. The zero-order valence-corrected chi connectivity index (χ0v) is 13.9. The molecule has 130 valence electrons. The van der Waals surface area contributed by atoms with Crippen LogP contribution < -0.4 is 15.4 Å². The van der Waals surface area contributed by atoms with Crippen LogP contribution in [-0.2, 0) is 9.59 Å². The summed E-state index contributed by atoms with van der Waals surface area (Å²) in [6.07, 6.45) is 0. The minimum atomic E-state index is -0.983. The highest BCUT2D eigenvalue weighted by Crippen LogP contribution is 2.27. The van der Waals surface area contributed by atoms with Gasteiger partial charge in [-0.3, -0.25) is 19.7 Å². The SMILES string of the molecule is CCOc1ccccc1NC(=O)C(=O)Nc1ccc(Cl)c([N+](=O)[O-])c1. The van der Waals surface area contributed by atoms with Crippen LogP contribution in [-0.4, -0.2) is 23.3 Å². The first-order chi connectivity index (χ1) is 11.9. The molecule has 0 saturated carbocycles. The fourth-order valence-corrected chi connectivity index (χ4v) is 2.14. The molecule has 9 heteroatoms. The molecule has 2 aromatic carbocycles. The zero-order valence-electron chi connectivity index (χ0n) is 13.1. The van der Waals surface area contributed by atoms with E-state index in [4.69, 9.17) is 16.3 Å². The number of nitro groups is 1. The van der Waals surface area contributed by atoms with E-state index in [1.54, 1.807) is 31.2 Å². The molecule has 0 radical (unpaired) electrons. The first kappa shape index (κ1) is 18.2. The van der Waals surface area contributed by atoms with Crippen molar-refractivity contribution in [3.05, 3.63) is 57.6 Å². The van der Waals surface area contributed by atoms with Gasteiger partial charge in [-0.2, -0.15) is 0 Å². The van der Waals surface area contributed by atoms with Crippen molar-refractivity contribution in [1.82, 2.24) is 0 Å². The van der Waals surface area contributed by atoms with Crippen LogP contribution in [0.3, 0.4) is 0 Å². The van der Waals surface area contributed by atoms with E-state index in [0.29, 0.717) is 18.0 Å². The fraction of sp³-hybridized carbons (Fsp3) is 0.125. The number of carbonyl (C=O) groups is 2. The van der Waals surface area contributed by atoms with Crippen LogP contribution in [0.25, 0.3) is 0 Å².